The highest BCUT2D eigenvalue weighted by molar-refractivity contribution is 14.1. The highest BCUT2D eigenvalue weighted by atomic mass is 127. The van der Waals surface area contributed by atoms with Crippen LogP contribution in [0.5, 0.6) is 0 Å². The van der Waals surface area contributed by atoms with Gasteiger partial charge in [0.2, 0.25) is 0 Å². The number of esters is 1. The van der Waals surface area contributed by atoms with E-state index in [0.717, 1.165) is 9.13 Å². The zero-order valence-electron chi connectivity index (χ0n) is 21.4. The molecule has 2 atom stereocenters. The van der Waals surface area contributed by atoms with Gasteiger partial charge in [0, 0.05) is 9.26 Å². The number of hydrogen-bond acceptors (Lipinski definition) is 4. The van der Waals surface area contributed by atoms with Gasteiger partial charge in [0.1, 0.15) is 6.04 Å². The Morgan fingerprint density at radius 2 is 1.49 bits per heavy atom. The van der Waals surface area contributed by atoms with E-state index >= 15 is 0 Å². The van der Waals surface area contributed by atoms with E-state index in [-0.39, 0.29) is 24.8 Å². The third kappa shape index (κ3) is 5.45. The van der Waals surface area contributed by atoms with Crippen molar-refractivity contribution in [2.45, 2.75) is 25.4 Å². The van der Waals surface area contributed by atoms with Crippen LogP contribution in [0.4, 0.5) is 11.4 Å². The lowest BCUT2D eigenvalue weighted by atomic mass is 9.95. The van der Waals surface area contributed by atoms with Gasteiger partial charge in [-0.05, 0) is 71.0 Å². The van der Waals surface area contributed by atoms with E-state index in [9.17, 15) is 14.4 Å². The zero-order valence-corrected chi connectivity index (χ0v) is 23.5. The summed E-state index contributed by atoms with van der Waals surface area (Å²) in [6.45, 7) is 1.97. The molecule has 0 radical (unpaired) electrons. The Labute approximate surface area is 241 Å². The summed E-state index contributed by atoms with van der Waals surface area (Å²) < 4.78 is 6.19. The summed E-state index contributed by atoms with van der Waals surface area (Å²) in [6, 6.07) is 31.7. The van der Waals surface area contributed by atoms with E-state index in [4.69, 9.17) is 4.74 Å². The molecule has 2 unspecified atom stereocenters. The molecule has 1 heterocycles. The number of rotatable bonds is 7. The van der Waals surface area contributed by atoms with E-state index in [0.29, 0.717) is 22.5 Å². The van der Waals surface area contributed by atoms with Crippen LogP contribution in [0.15, 0.2) is 109 Å². The average molecular weight is 630 g/mol. The van der Waals surface area contributed by atoms with Crippen molar-refractivity contribution in [1.29, 1.82) is 0 Å². The minimum Gasteiger partial charge on any atom is -0.466 e. The SMILES string of the molecule is CCOC(=O)CC(c1ccccc1)N1C(=O)c2cc(I)ccc2N(c2ccccc2)C(=O)C1c1ccccc1. The first-order valence-electron chi connectivity index (χ1n) is 12.8. The van der Waals surface area contributed by atoms with Crippen molar-refractivity contribution in [2.24, 2.45) is 0 Å². The number of amides is 2. The lowest BCUT2D eigenvalue weighted by Crippen LogP contribution is -2.43. The van der Waals surface area contributed by atoms with Crippen LogP contribution < -0.4 is 4.90 Å². The zero-order chi connectivity index (χ0) is 27.4. The maximum atomic E-state index is 14.7. The Morgan fingerprint density at radius 3 is 2.13 bits per heavy atom. The first-order chi connectivity index (χ1) is 19.0. The largest absolute Gasteiger partial charge is 0.466 e. The Kier molecular flexibility index (Phi) is 8.07. The van der Waals surface area contributed by atoms with Gasteiger partial charge in [-0.3, -0.25) is 19.3 Å². The smallest absolute Gasteiger partial charge is 0.308 e. The van der Waals surface area contributed by atoms with Crippen LogP contribution in [-0.2, 0) is 14.3 Å². The predicted molar refractivity (Wildman–Crippen MR) is 159 cm³/mol. The topological polar surface area (TPSA) is 66.9 Å². The molecule has 0 saturated carbocycles. The van der Waals surface area contributed by atoms with Gasteiger partial charge in [-0.25, -0.2) is 0 Å². The highest BCUT2D eigenvalue weighted by Crippen LogP contribution is 2.43. The van der Waals surface area contributed by atoms with Gasteiger partial charge in [-0.2, -0.15) is 0 Å². The maximum absolute atomic E-state index is 14.7. The maximum Gasteiger partial charge on any atom is 0.308 e. The Hall–Kier alpha value is -3.98. The minimum absolute atomic E-state index is 0.0925. The number of ether oxygens (including phenoxy) is 1. The number of anilines is 2. The van der Waals surface area contributed by atoms with Gasteiger partial charge in [0.05, 0.1) is 30.3 Å². The number of benzene rings is 4. The molecule has 0 bridgehead atoms. The first-order valence-corrected chi connectivity index (χ1v) is 13.8. The number of para-hydroxylation sites is 1. The molecule has 2 amide bonds. The number of nitrogens with zero attached hydrogens (tertiary/aromatic N) is 2. The van der Waals surface area contributed by atoms with Gasteiger partial charge >= 0.3 is 5.97 Å². The van der Waals surface area contributed by atoms with Crippen LogP contribution in [0.1, 0.15) is 46.9 Å². The normalized spacial score (nSPS) is 15.9. The van der Waals surface area contributed by atoms with Gasteiger partial charge in [0.15, 0.2) is 0 Å². The second-order valence-electron chi connectivity index (χ2n) is 9.13. The van der Waals surface area contributed by atoms with Gasteiger partial charge in [-0.15, -0.1) is 0 Å². The molecule has 39 heavy (non-hydrogen) atoms. The molecule has 0 saturated heterocycles. The summed E-state index contributed by atoms with van der Waals surface area (Å²) in [7, 11) is 0. The van der Waals surface area contributed by atoms with Crippen molar-refractivity contribution in [3.05, 3.63) is 129 Å². The molecule has 0 aromatic heterocycles. The lowest BCUT2D eigenvalue weighted by Gasteiger charge is -2.37. The molecule has 1 aliphatic heterocycles. The Bertz CT molecular complexity index is 1480. The van der Waals surface area contributed by atoms with Crippen molar-refractivity contribution < 1.29 is 19.1 Å². The Morgan fingerprint density at radius 1 is 0.872 bits per heavy atom. The summed E-state index contributed by atoms with van der Waals surface area (Å²) in [4.78, 5) is 45.5. The molecule has 1 aliphatic rings. The van der Waals surface area contributed by atoms with Crippen molar-refractivity contribution in [3.8, 4) is 0 Å². The molecule has 4 aromatic rings. The van der Waals surface area contributed by atoms with E-state index in [1.54, 1.807) is 22.8 Å². The molecular formula is C32H27IN2O4. The quantitative estimate of drug-likeness (QED) is 0.166. The second kappa shape index (κ2) is 11.8. The molecule has 5 rings (SSSR count). The number of fused-ring (bicyclic) bond motifs is 1. The van der Waals surface area contributed by atoms with Crippen molar-refractivity contribution >= 4 is 51.7 Å². The second-order valence-corrected chi connectivity index (χ2v) is 10.4. The van der Waals surface area contributed by atoms with E-state index < -0.39 is 18.1 Å². The highest BCUT2D eigenvalue weighted by Gasteiger charge is 2.45. The summed E-state index contributed by atoms with van der Waals surface area (Å²) in [5, 5.41) is 0. The number of hydrogen-bond donors (Lipinski definition) is 0. The average Bonchev–Trinajstić information content (AvgIpc) is 3.05. The number of halogens is 1. The summed E-state index contributed by atoms with van der Waals surface area (Å²) in [5.74, 6) is -1.06. The molecule has 0 spiro atoms. The monoisotopic (exact) mass is 630 g/mol. The standard InChI is InChI=1S/C32H27IN2O4/c1-2-39-29(36)21-28(22-12-6-3-7-13-22)35-30(23-14-8-4-9-15-23)32(38)34(25-16-10-5-11-17-25)27-19-18-24(33)20-26(27)31(35)37/h3-20,28,30H,2,21H2,1H3. The van der Waals surface area contributed by atoms with Crippen LogP contribution >= 0.6 is 22.6 Å². The van der Waals surface area contributed by atoms with Crippen molar-refractivity contribution in [1.82, 2.24) is 4.90 Å². The summed E-state index contributed by atoms with van der Waals surface area (Å²) in [5.41, 5.74) is 2.95. The molecule has 0 N–H and O–H groups in total. The van der Waals surface area contributed by atoms with Gasteiger partial charge < -0.3 is 9.64 Å². The van der Waals surface area contributed by atoms with E-state index in [2.05, 4.69) is 22.6 Å². The van der Waals surface area contributed by atoms with Crippen LogP contribution in [0.3, 0.4) is 0 Å². The lowest BCUT2D eigenvalue weighted by molar-refractivity contribution is -0.145. The molecule has 196 valence electrons. The van der Waals surface area contributed by atoms with Gasteiger partial charge in [-0.1, -0.05) is 78.9 Å². The fourth-order valence-electron chi connectivity index (χ4n) is 5.02. The summed E-state index contributed by atoms with van der Waals surface area (Å²) in [6.07, 6.45) is -0.0925. The fourth-order valence-corrected chi connectivity index (χ4v) is 5.52. The van der Waals surface area contributed by atoms with Crippen LogP contribution in [-0.4, -0.2) is 29.3 Å². The number of carbonyl (C=O) groups is 3. The fraction of sp³-hybridized carbons (Fsp3) is 0.156. The van der Waals surface area contributed by atoms with Gasteiger partial charge in [0.25, 0.3) is 11.8 Å². The van der Waals surface area contributed by atoms with E-state index in [1.165, 1.54) is 0 Å². The molecule has 4 aromatic carbocycles. The van der Waals surface area contributed by atoms with E-state index in [1.807, 2.05) is 103 Å². The third-order valence-electron chi connectivity index (χ3n) is 6.71. The molecule has 7 heteroatoms. The summed E-state index contributed by atoms with van der Waals surface area (Å²) >= 11 is 2.17. The minimum atomic E-state index is -0.997. The Balaban J connectivity index is 1.78. The first kappa shape index (κ1) is 26.6. The molecular weight excluding hydrogens is 603 g/mol. The van der Waals surface area contributed by atoms with Crippen LogP contribution in [0.2, 0.25) is 0 Å². The van der Waals surface area contributed by atoms with Crippen LogP contribution in [0, 0.1) is 3.57 Å². The van der Waals surface area contributed by atoms with Crippen LogP contribution in [0.25, 0.3) is 0 Å². The molecule has 0 fully saturated rings. The molecule has 0 aliphatic carbocycles. The third-order valence-corrected chi connectivity index (χ3v) is 7.38. The predicted octanol–water partition coefficient (Wildman–Crippen LogP) is 6.85. The van der Waals surface area contributed by atoms with Crippen molar-refractivity contribution in [2.75, 3.05) is 11.5 Å². The molecule has 6 nitrogen and oxygen atoms in total. The van der Waals surface area contributed by atoms with Crippen molar-refractivity contribution in [3.63, 3.8) is 0 Å². The number of carbonyl (C=O) groups excluding carboxylic acids is 3.